The summed E-state index contributed by atoms with van der Waals surface area (Å²) < 4.78 is 35.1. The lowest BCUT2D eigenvalue weighted by Crippen LogP contribution is -2.47. The average Bonchev–Trinajstić information content (AvgIpc) is 3.64. The SMILES string of the molecule is COc1ccc(N2CCN(CCc3nnn([C@@H](C)[C@](O)(Cn4cncn4)c4ccc(F)cc4F)n3)CC2)cc1. The van der Waals surface area contributed by atoms with Crippen LogP contribution >= 0.6 is 0 Å². The summed E-state index contributed by atoms with van der Waals surface area (Å²) in [7, 11) is 1.66. The number of aromatic nitrogens is 7. The van der Waals surface area contributed by atoms with Gasteiger partial charge in [-0.25, -0.2) is 18.4 Å². The second kappa shape index (κ2) is 11.4. The average molecular weight is 540 g/mol. The summed E-state index contributed by atoms with van der Waals surface area (Å²) in [5.41, 5.74) is -0.785. The zero-order valence-electron chi connectivity index (χ0n) is 21.9. The van der Waals surface area contributed by atoms with Crippen LogP contribution in [0.3, 0.4) is 0 Å². The van der Waals surface area contributed by atoms with Crippen LogP contribution in [0.5, 0.6) is 5.75 Å². The smallest absolute Gasteiger partial charge is 0.176 e. The Bertz CT molecular complexity index is 1360. The first-order chi connectivity index (χ1) is 18.9. The van der Waals surface area contributed by atoms with E-state index in [2.05, 4.69) is 47.4 Å². The molecule has 1 saturated heterocycles. The Morgan fingerprint density at radius 3 is 2.51 bits per heavy atom. The number of benzene rings is 2. The molecule has 206 valence electrons. The van der Waals surface area contributed by atoms with Crippen molar-refractivity contribution in [2.45, 2.75) is 31.5 Å². The highest BCUT2D eigenvalue weighted by Crippen LogP contribution is 2.36. The number of anilines is 1. The van der Waals surface area contributed by atoms with Gasteiger partial charge in [0.05, 0.1) is 13.7 Å². The minimum Gasteiger partial charge on any atom is -0.497 e. The largest absolute Gasteiger partial charge is 0.497 e. The van der Waals surface area contributed by atoms with Crippen LogP contribution in [-0.2, 0) is 18.6 Å². The minimum absolute atomic E-state index is 0.0968. The van der Waals surface area contributed by atoms with Crippen molar-refractivity contribution in [2.75, 3.05) is 44.7 Å². The van der Waals surface area contributed by atoms with E-state index < -0.39 is 23.3 Å². The van der Waals surface area contributed by atoms with Gasteiger partial charge in [0.25, 0.3) is 0 Å². The maximum atomic E-state index is 14.8. The fourth-order valence-corrected chi connectivity index (χ4v) is 4.84. The van der Waals surface area contributed by atoms with Crippen molar-refractivity contribution >= 4 is 5.69 Å². The standard InChI is InChI=1S/C26H31F2N9O2/c1-19(26(38,16-36-18-29-17-30-36)23-8-3-20(27)15-24(23)28)37-32-25(31-33-37)9-10-34-11-13-35(14-12-34)21-4-6-22(39-2)7-5-21/h3-8,15,17-19,38H,9-14,16H2,1-2H3/t19-,26+/m0/s1. The molecule has 0 bridgehead atoms. The van der Waals surface area contributed by atoms with E-state index in [1.165, 1.54) is 33.9 Å². The topological polar surface area (TPSA) is 110 Å². The monoisotopic (exact) mass is 539 g/mol. The van der Waals surface area contributed by atoms with E-state index in [1.54, 1.807) is 14.0 Å². The molecule has 0 saturated carbocycles. The van der Waals surface area contributed by atoms with Crippen molar-refractivity contribution in [3.63, 3.8) is 0 Å². The number of halogens is 2. The Kier molecular flexibility index (Phi) is 7.79. The van der Waals surface area contributed by atoms with E-state index in [0.29, 0.717) is 12.2 Å². The maximum absolute atomic E-state index is 14.8. The van der Waals surface area contributed by atoms with Crippen molar-refractivity contribution in [3.8, 4) is 5.75 Å². The van der Waals surface area contributed by atoms with Crippen LogP contribution in [0, 0.1) is 11.6 Å². The Morgan fingerprint density at radius 2 is 1.85 bits per heavy atom. The molecule has 2 atom stereocenters. The molecule has 1 aliphatic rings. The van der Waals surface area contributed by atoms with Gasteiger partial charge >= 0.3 is 0 Å². The fourth-order valence-electron chi connectivity index (χ4n) is 4.84. The van der Waals surface area contributed by atoms with Gasteiger partial charge in [-0.15, -0.1) is 10.2 Å². The molecule has 1 aliphatic heterocycles. The van der Waals surface area contributed by atoms with Gasteiger partial charge in [0.1, 0.15) is 41.7 Å². The second-order valence-corrected chi connectivity index (χ2v) is 9.62. The van der Waals surface area contributed by atoms with E-state index in [4.69, 9.17) is 4.74 Å². The molecule has 3 heterocycles. The highest BCUT2D eigenvalue weighted by Gasteiger charge is 2.41. The van der Waals surface area contributed by atoms with Crippen LogP contribution < -0.4 is 9.64 Å². The molecule has 0 aliphatic carbocycles. The van der Waals surface area contributed by atoms with E-state index in [0.717, 1.165) is 50.6 Å². The van der Waals surface area contributed by atoms with E-state index in [-0.39, 0.29) is 12.1 Å². The van der Waals surface area contributed by atoms with Crippen molar-refractivity contribution in [1.82, 2.24) is 39.9 Å². The van der Waals surface area contributed by atoms with Crippen molar-refractivity contribution in [1.29, 1.82) is 0 Å². The molecule has 2 aromatic heterocycles. The van der Waals surface area contributed by atoms with Gasteiger partial charge in [-0.3, -0.25) is 4.90 Å². The Morgan fingerprint density at radius 1 is 1.08 bits per heavy atom. The number of hydrogen-bond acceptors (Lipinski definition) is 9. The first kappa shape index (κ1) is 26.6. The predicted octanol–water partition coefficient (Wildman–Crippen LogP) is 2.07. The highest BCUT2D eigenvalue weighted by molar-refractivity contribution is 5.49. The van der Waals surface area contributed by atoms with Crippen LogP contribution in [0.1, 0.15) is 24.4 Å². The molecule has 0 amide bonds. The van der Waals surface area contributed by atoms with E-state index >= 15 is 0 Å². The third-order valence-electron chi connectivity index (χ3n) is 7.24. The summed E-state index contributed by atoms with van der Waals surface area (Å²) in [6.07, 6.45) is 3.30. The lowest BCUT2D eigenvalue weighted by molar-refractivity contribution is -0.0418. The molecular formula is C26H31F2N9O2. The summed E-state index contributed by atoms with van der Waals surface area (Å²) in [4.78, 5) is 9.86. The number of hydrogen-bond donors (Lipinski definition) is 1. The fraction of sp³-hybridized carbons (Fsp3) is 0.423. The van der Waals surface area contributed by atoms with Gasteiger partial charge in [0, 0.05) is 56.5 Å². The third kappa shape index (κ3) is 5.88. The molecule has 39 heavy (non-hydrogen) atoms. The number of rotatable bonds is 10. The molecule has 2 aromatic carbocycles. The van der Waals surface area contributed by atoms with Crippen LogP contribution in [0.4, 0.5) is 14.5 Å². The van der Waals surface area contributed by atoms with Crippen LogP contribution in [0.2, 0.25) is 0 Å². The van der Waals surface area contributed by atoms with E-state index in [1.807, 2.05) is 12.1 Å². The number of ether oxygens (including phenoxy) is 1. The third-order valence-corrected chi connectivity index (χ3v) is 7.24. The second-order valence-electron chi connectivity index (χ2n) is 9.62. The number of methoxy groups -OCH3 is 1. The van der Waals surface area contributed by atoms with Crippen molar-refractivity contribution in [3.05, 3.63) is 78.1 Å². The molecule has 11 nitrogen and oxygen atoms in total. The molecular weight excluding hydrogens is 508 g/mol. The van der Waals surface area contributed by atoms with Gasteiger partial charge in [-0.1, -0.05) is 6.07 Å². The minimum atomic E-state index is -1.86. The molecule has 1 N–H and O–H groups in total. The Balaban J connectivity index is 1.23. The summed E-state index contributed by atoms with van der Waals surface area (Å²) in [5.74, 6) is -0.259. The summed E-state index contributed by atoms with van der Waals surface area (Å²) in [6.45, 7) is 5.88. The first-order valence-electron chi connectivity index (χ1n) is 12.8. The molecule has 0 radical (unpaired) electrons. The molecule has 0 unspecified atom stereocenters. The molecule has 0 spiro atoms. The number of nitrogens with zero attached hydrogens (tertiary/aromatic N) is 9. The van der Waals surface area contributed by atoms with Gasteiger partial charge in [-0.2, -0.15) is 9.90 Å². The maximum Gasteiger partial charge on any atom is 0.176 e. The van der Waals surface area contributed by atoms with Crippen LogP contribution in [0.25, 0.3) is 0 Å². The quantitative estimate of drug-likeness (QED) is 0.324. The van der Waals surface area contributed by atoms with Gasteiger partial charge in [-0.05, 0) is 42.5 Å². The Labute approximate surface area is 224 Å². The summed E-state index contributed by atoms with van der Waals surface area (Å²) >= 11 is 0. The first-order valence-corrected chi connectivity index (χ1v) is 12.8. The molecule has 4 aromatic rings. The number of piperazine rings is 1. The van der Waals surface area contributed by atoms with E-state index in [9.17, 15) is 13.9 Å². The molecule has 1 fully saturated rings. The zero-order valence-corrected chi connectivity index (χ0v) is 21.9. The van der Waals surface area contributed by atoms with Crippen molar-refractivity contribution < 1.29 is 18.6 Å². The van der Waals surface area contributed by atoms with Gasteiger partial charge in [0.2, 0.25) is 0 Å². The van der Waals surface area contributed by atoms with Crippen LogP contribution in [0.15, 0.2) is 55.1 Å². The summed E-state index contributed by atoms with van der Waals surface area (Å²) in [5, 5.41) is 28.6. The van der Waals surface area contributed by atoms with Crippen LogP contribution in [-0.4, -0.2) is 84.8 Å². The highest BCUT2D eigenvalue weighted by atomic mass is 19.1. The molecule has 5 rings (SSSR count). The predicted molar refractivity (Wildman–Crippen MR) is 138 cm³/mol. The Hall–Kier alpha value is -3.97. The zero-order chi connectivity index (χ0) is 27.4. The lowest BCUT2D eigenvalue weighted by Gasteiger charge is -2.36. The number of tetrazole rings is 1. The molecule has 13 heteroatoms. The number of aliphatic hydroxyl groups is 1. The lowest BCUT2D eigenvalue weighted by atomic mass is 9.86. The normalized spacial score (nSPS) is 16.7. The summed E-state index contributed by atoms with van der Waals surface area (Å²) in [6, 6.07) is 10.3. The van der Waals surface area contributed by atoms with Gasteiger partial charge in [0.15, 0.2) is 5.82 Å². The van der Waals surface area contributed by atoms with Gasteiger partial charge < -0.3 is 14.7 Å². The van der Waals surface area contributed by atoms with Crippen molar-refractivity contribution in [2.24, 2.45) is 0 Å².